The van der Waals surface area contributed by atoms with Gasteiger partial charge in [0.2, 0.25) is 0 Å². The first-order valence-corrected chi connectivity index (χ1v) is 7.24. The van der Waals surface area contributed by atoms with Crippen LogP contribution >= 0.6 is 0 Å². The van der Waals surface area contributed by atoms with Gasteiger partial charge in [-0.25, -0.2) is 0 Å². The van der Waals surface area contributed by atoms with Crippen LogP contribution < -0.4 is 10.6 Å². The third-order valence-electron chi connectivity index (χ3n) is 3.25. The number of hydrogen-bond donors (Lipinski definition) is 2. The predicted octanol–water partition coefficient (Wildman–Crippen LogP) is 3.78. The van der Waals surface area contributed by atoms with E-state index in [4.69, 9.17) is 0 Å². The van der Waals surface area contributed by atoms with Crippen LogP contribution in [0.25, 0.3) is 0 Å². The molecule has 1 amide bonds. The summed E-state index contributed by atoms with van der Waals surface area (Å²) >= 11 is 0. The van der Waals surface area contributed by atoms with Gasteiger partial charge in [-0.3, -0.25) is 4.79 Å². The maximum Gasteiger partial charge on any atom is 0.255 e. The van der Waals surface area contributed by atoms with Crippen molar-refractivity contribution < 1.29 is 4.79 Å². The van der Waals surface area contributed by atoms with Crippen molar-refractivity contribution in [3.8, 4) is 0 Å². The van der Waals surface area contributed by atoms with E-state index < -0.39 is 0 Å². The Labute approximate surface area is 134 Å². The Morgan fingerprint density at radius 1 is 0.826 bits per heavy atom. The van der Waals surface area contributed by atoms with Crippen LogP contribution in [0.15, 0.2) is 66.7 Å². The van der Waals surface area contributed by atoms with Gasteiger partial charge in [-0.15, -0.1) is 5.10 Å². The van der Waals surface area contributed by atoms with Crippen molar-refractivity contribution in [2.45, 2.75) is 6.92 Å². The molecule has 0 aliphatic carbocycles. The summed E-state index contributed by atoms with van der Waals surface area (Å²) in [6.45, 7) is 1.89. The van der Waals surface area contributed by atoms with Gasteiger partial charge < -0.3 is 10.6 Å². The van der Waals surface area contributed by atoms with E-state index in [0.29, 0.717) is 11.4 Å². The third kappa shape index (κ3) is 3.91. The first-order chi connectivity index (χ1) is 11.2. The molecule has 5 nitrogen and oxygen atoms in total. The zero-order chi connectivity index (χ0) is 16.1. The molecule has 1 heterocycles. The predicted molar refractivity (Wildman–Crippen MR) is 90.9 cm³/mol. The fraction of sp³-hybridized carbons (Fsp3) is 0.0556. The summed E-state index contributed by atoms with van der Waals surface area (Å²) in [5.74, 6) is 0.549. The molecule has 0 saturated carbocycles. The van der Waals surface area contributed by atoms with Gasteiger partial charge in [0, 0.05) is 16.9 Å². The molecule has 0 aliphatic heterocycles. The molecule has 0 atom stereocenters. The number of aryl methyl sites for hydroxylation is 1. The van der Waals surface area contributed by atoms with Crippen LogP contribution in [-0.2, 0) is 0 Å². The van der Waals surface area contributed by atoms with Gasteiger partial charge in [0.05, 0.1) is 5.69 Å². The standard InChI is InChI=1S/C18H16N4O/c1-13-7-12-17(22-21-13)19-15-8-10-16(11-9-15)20-18(23)14-5-3-2-4-6-14/h2-12H,1H3,(H,19,22)(H,20,23). The van der Waals surface area contributed by atoms with Crippen molar-refractivity contribution in [2.75, 3.05) is 10.6 Å². The lowest BCUT2D eigenvalue weighted by molar-refractivity contribution is 0.102. The Morgan fingerprint density at radius 2 is 1.52 bits per heavy atom. The quantitative estimate of drug-likeness (QED) is 0.769. The Kier molecular flexibility index (Phi) is 4.29. The Morgan fingerprint density at radius 3 is 2.17 bits per heavy atom. The number of benzene rings is 2. The summed E-state index contributed by atoms with van der Waals surface area (Å²) < 4.78 is 0. The van der Waals surface area contributed by atoms with E-state index in [1.54, 1.807) is 12.1 Å². The number of carbonyl (C=O) groups is 1. The van der Waals surface area contributed by atoms with Crippen LogP contribution in [0.2, 0.25) is 0 Å². The Hall–Kier alpha value is -3.21. The highest BCUT2D eigenvalue weighted by atomic mass is 16.1. The second kappa shape index (κ2) is 6.70. The minimum Gasteiger partial charge on any atom is -0.339 e. The van der Waals surface area contributed by atoms with E-state index >= 15 is 0 Å². The van der Waals surface area contributed by atoms with E-state index in [1.165, 1.54) is 0 Å². The fourth-order valence-electron chi connectivity index (χ4n) is 2.04. The van der Waals surface area contributed by atoms with E-state index in [1.807, 2.05) is 61.5 Å². The number of nitrogens with one attached hydrogen (secondary N) is 2. The average molecular weight is 304 g/mol. The molecule has 5 heteroatoms. The third-order valence-corrected chi connectivity index (χ3v) is 3.25. The maximum absolute atomic E-state index is 12.1. The molecule has 0 radical (unpaired) electrons. The summed E-state index contributed by atoms with van der Waals surface area (Å²) in [6, 6.07) is 20.3. The largest absolute Gasteiger partial charge is 0.339 e. The maximum atomic E-state index is 12.1. The van der Waals surface area contributed by atoms with Crippen LogP contribution in [0.1, 0.15) is 16.1 Å². The fourth-order valence-corrected chi connectivity index (χ4v) is 2.04. The number of nitrogens with zero attached hydrogens (tertiary/aromatic N) is 2. The summed E-state index contributed by atoms with van der Waals surface area (Å²) in [6.07, 6.45) is 0. The molecule has 0 unspecified atom stereocenters. The zero-order valence-electron chi connectivity index (χ0n) is 12.7. The highest BCUT2D eigenvalue weighted by Gasteiger charge is 2.05. The van der Waals surface area contributed by atoms with Gasteiger partial charge in [0.25, 0.3) is 5.91 Å². The van der Waals surface area contributed by atoms with Crippen LogP contribution in [0, 0.1) is 6.92 Å². The first-order valence-electron chi connectivity index (χ1n) is 7.24. The number of carbonyl (C=O) groups excluding carboxylic acids is 1. The molecule has 0 saturated heterocycles. The Bertz CT molecular complexity index is 784. The first kappa shape index (κ1) is 14.7. The van der Waals surface area contributed by atoms with Crippen molar-refractivity contribution in [3.63, 3.8) is 0 Å². The molecule has 0 spiro atoms. The molecular formula is C18H16N4O. The lowest BCUT2D eigenvalue weighted by atomic mass is 10.2. The number of anilines is 3. The van der Waals surface area contributed by atoms with E-state index in [2.05, 4.69) is 20.8 Å². The van der Waals surface area contributed by atoms with Crippen molar-refractivity contribution in [1.82, 2.24) is 10.2 Å². The lowest BCUT2D eigenvalue weighted by Crippen LogP contribution is -2.11. The van der Waals surface area contributed by atoms with E-state index in [0.717, 1.165) is 17.1 Å². The summed E-state index contributed by atoms with van der Waals surface area (Å²) in [5.41, 5.74) is 3.11. The molecule has 1 aromatic heterocycles. The number of hydrogen-bond acceptors (Lipinski definition) is 4. The van der Waals surface area contributed by atoms with Crippen molar-refractivity contribution in [3.05, 3.63) is 78.0 Å². The molecule has 114 valence electrons. The van der Waals surface area contributed by atoms with Gasteiger partial charge in [-0.05, 0) is 55.5 Å². The van der Waals surface area contributed by atoms with Crippen molar-refractivity contribution in [2.24, 2.45) is 0 Å². The second-order valence-electron chi connectivity index (χ2n) is 5.08. The number of rotatable bonds is 4. The smallest absolute Gasteiger partial charge is 0.255 e. The summed E-state index contributed by atoms with van der Waals surface area (Å²) in [4.78, 5) is 12.1. The molecule has 23 heavy (non-hydrogen) atoms. The second-order valence-corrected chi connectivity index (χ2v) is 5.08. The zero-order valence-corrected chi connectivity index (χ0v) is 12.7. The molecule has 0 aliphatic rings. The SMILES string of the molecule is Cc1ccc(Nc2ccc(NC(=O)c3ccccc3)cc2)nn1. The normalized spacial score (nSPS) is 10.1. The molecule has 3 aromatic rings. The van der Waals surface area contributed by atoms with Gasteiger partial charge >= 0.3 is 0 Å². The molecule has 0 bridgehead atoms. The van der Waals surface area contributed by atoms with Crippen LogP contribution in [0.5, 0.6) is 0 Å². The van der Waals surface area contributed by atoms with Crippen molar-refractivity contribution in [1.29, 1.82) is 0 Å². The van der Waals surface area contributed by atoms with Gasteiger partial charge in [0.15, 0.2) is 5.82 Å². The van der Waals surface area contributed by atoms with Gasteiger partial charge in [-0.2, -0.15) is 5.10 Å². The topological polar surface area (TPSA) is 66.9 Å². The minimum atomic E-state index is -0.129. The molecule has 2 N–H and O–H groups in total. The lowest BCUT2D eigenvalue weighted by Gasteiger charge is -2.08. The average Bonchev–Trinajstić information content (AvgIpc) is 2.59. The minimum absolute atomic E-state index is 0.129. The highest BCUT2D eigenvalue weighted by Crippen LogP contribution is 2.17. The number of aromatic nitrogens is 2. The monoisotopic (exact) mass is 304 g/mol. The van der Waals surface area contributed by atoms with Crippen LogP contribution in [0.4, 0.5) is 17.2 Å². The molecule has 0 fully saturated rings. The van der Waals surface area contributed by atoms with E-state index in [-0.39, 0.29) is 5.91 Å². The molecule has 2 aromatic carbocycles. The van der Waals surface area contributed by atoms with Gasteiger partial charge in [-0.1, -0.05) is 18.2 Å². The van der Waals surface area contributed by atoms with Gasteiger partial charge in [0.1, 0.15) is 0 Å². The molecular weight excluding hydrogens is 288 g/mol. The molecule has 3 rings (SSSR count). The van der Waals surface area contributed by atoms with Crippen LogP contribution in [-0.4, -0.2) is 16.1 Å². The summed E-state index contributed by atoms with van der Waals surface area (Å²) in [7, 11) is 0. The van der Waals surface area contributed by atoms with Crippen LogP contribution in [0.3, 0.4) is 0 Å². The Balaban J connectivity index is 1.65. The number of amides is 1. The highest BCUT2D eigenvalue weighted by molar-refractivity contribution is 6.04. The van der Waals surface area contributed by atoms with E-state index in [9.17, 15) is 4.79 Å². The van der Waals surface area contributed by atoms with Crippen molar-refractivity contribution >= 4 is 23.1 Å². The summed E-state index contributed by atoms with van der Waals surface area (Å²) in [5, 5.41) is 14.1.